The number of nitrogens with zero attached hydrogens (tertiary/aromatic N) is 1. The van der Waals surface area contributed by atoms with Gasteiger partial charge in [0.15, 0.2) is 0 Å². The van der Waals surface area contributed by atoms with Gasteiger partial charge in [0, 0.05) is 11.4 Å². The number of rotatable bonds is 10. The number of nitrogens with one attached hydrogen (secondary N) is 2. The number of carbonyl (C=O) groups is 1. The minimum atomic E-state index is -4.78. The number of carbonyl (C=O) groups excluding carboxylic acids is 1. The largest absolute Gasteiger partial charge is 0.492 e. The zero-order chi connectivity index (χ0) is 29.0. The smallest absolute Gasteiger partial charge is 0.417 e. The maximum Gasteiger partial charge on any atom is 0.417 e. The van der Waals surface area contributed by atoms with E-state index >= 15 is 0 Å². The highest BCUT2D eigenvalue weighted by Gasteiger charge is 2.33. The first-order valence-corrected chi connectivity index (χ1v) is 14.8. The van der Waals surface area contributed by atoms with E-state index in [1.165, 1.54) is 18.2 Å². The molecule has 3 aromatic carbocycles. The van der Waals surface area contributed by atoms with Crippen LogP contribution in [0, 0.1) is 0 Å². The third-order valence-corrected chi connectivity index (χ3v) is 7.95. The molecule has 0 atom stereocenters. The summed E-state index contributed by atoms with van der Waals surface area (Å²) in [6, 6.07) is 13.6. The van der Waals surface area contributed by atoms with E-state index in [2.05, 4.69) is 10.0 Å². The van der Waals surface area contributed by atoms with E-state index in [9.17, 15) is 34.8 Å². The van der Waals surface area contributed by atoms with Crippen molar-refractivity contribution in [2.45, 2.75) is 18.0 Å². The molecule has 3 aromatic rings. The van der Waals surface area contributed by atoms with Crippen LogP contribution in [0.4, 0.5) is 30.2 Å². The van der Waals surface area contributed by atoms with Gasteiger partial charge in [0.05, 0.1) is 34.0 Å². The Morgan fingerprint density at radius 1 is 0.974 bits per heavy atom. The summed E-state index contributed by atoms with van der Waals surface area (Å²) in [5.41, 5.74) is -1.23. The summed E-state index contributed by atoms with van der Waals surface area (Å²) in [5.74, 6) is -0.454. The fourth-order valence-corrected chi connectivity index (χ4v) is 5.52. The number of hydrogen-bond acceptors (Lipinski definition) is 6. The van der Waals surface area contributed by atoms with Gasteiger partial charge < -0.3 is 10.1 Å². The highest BCUT2D eigenvalue weighted by atomic mass is 35.5. The molecule has 39 heavy (non-hydrogen) atoms. The zero-order valence-corrected chi connectivity index (χ0v) is 22.9. The van der Waals surface area contributed by atoms with E-state index < -0.39 is 49.3 Å². The highest BCUT2D eigenvalue weighted by molar-refractivity contribution is 7.92. The van der Waals surface area contributed by atoms with Crippen LogP contribution in [0.1, 0.15) is 12.5 Å². The van der Waals surface area contributed by atoms with Crippen molar-refractivity contribution in [3.63, 3.8) is 0 Å². The monoisotopic (exact) mass is 605 g/mol. The van der Waals surface area contributed by atoms with Gasteiger partial charge in [0.1, 0.15) is 12.3 Å². The molecule has 210 valence electrons. The first-order valence-electron chi connectivity index (χ1n) is 11.1. The van der Waals surface area contributed by atoms with Gasteiger partial charge in [-0.2, -0.15) is 13.2 Å². The average molecular weight is 606 g/mol. The summed E-state index contributed by atoms with van der Waals surface area (Å²) in [6.07, 6.45) is -3.84. The standard InChI is InChI=1S/C24H23ClF3N3O6S2/c1-3-37-22-7-5-4-6-21(22)31(38(2,33)34)15-23(32)29-16-8-11-18(12-9-16)39(35,36)30-17-10-13-20(25)19(14-17)24(26,27)28/h4-14,30H,3,15H2,1-2H3,(H,29,32). The van der Waals surface area contributed by atoms with E-state index in [0.717, 1.165) is 34.8 Å². The number of anilines is 3. The molecule has 0 aliphatic carbocycles. The van der Waals surface area contributed by atoms with E-state index in [1.54, 1.807) is 25.1 Å². The van der Waals surface area contributed by atoms with Crippen molar-refractivity contribution in [2.75, 3.05) is 33.8 Å². The minimum Gasteiger partial charge on any atom is -0.492 e. The van der Waals surface area contributed by atoms with Gasteiger partial charge in [0.25, 0.3) is 10.0 Å². The van der Waals surface area contributed by atoms with Crippen LogP contribution in [0.2, 0.25) is 5.02 Å². The third-order valence-electron chi connectivity index (χ3n) is 5.09. The number of amides is 1. The SMILES string of the molecule is CCOc1ccccc1N(CC(=O)Nc1ccc(S(=O)(=O)Nc2ccc(Cl)c(C(F)(F)F)c2)cc1)S(C)(=O)=O. The Labute approximate surface area is 228 Å². The highest BCUT2D eigenvalue weighted by Crippen LogP contribution is 2.36. The number of benzene rings is 3. The molecule has 9 nitrogen and oxygen atoms in total. The van der Waals surface area contributed by atoms with Gasteiger partial charge in [0.2, 0.25) is 15.9 Å². The van der Waals surface area contributed by atoms with Crippen molar-refractivity contribution in [3.05, 3.63) is 77.3 Å². The second-order valence-corrected chi connectivity index (χ2v) is 12.0. The number of sulfonamides is 2. The van der Waals surface area contributed by atoms with Gasteiger partial charge in [-0.05, 0) is 61.5 Å². The number of hydrogen-bond donors (Lipinski definition) is 2. The van der Waals surface area contributed by atoms with Crippen LogP contribution in [0.25, 0.3) is 0 Å². The van der Waals surface area contributed by atoms with E-state index in [0.29, 0.717) is 6.07 Å². The van der Waals surface area contributed by atoms with Crippen LogP contribution >= 0.6 is 11.6 Å². The molecule has 0 aliphatic heterocycles. The molecule has 1 amide bonds. The van der Waals surface area contributed by atoms with Crippen molar-refractivity contribution >= 4 is 54.6 Å². The number of halogens is 4. The molecule has 0 unspecified atom stereocenters. The fourth-order valence-electron chi connectivity index (χ4n) is 3.39. The molecule has 15 heteroatoms. The van der Waals surface area contributed by atoms with Gasteiger partial charge >= 0.3 is 6.18 Å². The maximum atomic E-state index is 13.1. The molecule has 2 N–H and O–H groups in total. The molecular formula is C24H23ClF3N3O6S2. The van der Waals surface area contributed by atoms with E-state index in [4.69, 9.17) is 16.3 Å². The van der Waals surface area contributed by atoms with Crippen molar-refractivity contribution in [1.82, 2.24) is 0 Å². The van der Waals surface area contributed by atoms with Crippen molar-refractivity contribution in [1.29, 1.82) is 0 Å². The lowest BCUT2D eigenvalue weighted by atomic mass is 10.2. The topological polar surface area (TPSA) is 122 Å². The molecular weight excluding hydrogens is 583 g/mol. The molecule has 0 fully saturated rings. The lowest BCUT2D eigenvalue weighted by Gasteiger charge is -2.24. The summed E-state index contributed by atoms with van der Waals surface area (Å²) >= 11 is 5.57. The number of para-hydroxylation sites is 2. The lowest BCUT2D eigenvalue weighted by Crippen LogP contribution is -2.37. The van der Waals surface area contributed by atoms with Gasteiger partial charge in [-0.15, -0.1) is 0 Å². The molecule has 0 saturated heterocycles. The Kier molecular flexibility index (Phi) is 9.03. The van der Waals surface area contributed by atoms with Gasteiger partial charge in [-0.3, -0.25) is 13.8 Å². The van der Waals surface area contributed by atoms with Gasteiger partial charge in [-0.25, -0.2) is 16.8 Å². The minimum absolute atomic E-state index is 0.149. The van der Waals surface area contributed by atoms with E-state index in [-0.39, 0.29) is 34.3 Å². The van der Waals surface area contributed by atoms with Crippen molar-refractivity contribution in [2.24, 2.45) is 0 Å². The molecule has 3 rings (SSSR count). The van der Waals surface area contributed by atoms with Crippen LogP contribution in [-0.4, -0.2) is 42.2 Å². The number of ether oxygens (including phenoxy) is 1. The molecule has 0 aliphatic rings. The molecule has 0 radical (unpaired) electrons. The van der Waals surface area contributed by atoms with E-state index in [1.807, 2.05) is 0 Å². The van der Waals surface area contributed by atoms with Crippen LogP contribution in [-0.2, 0) is 31.0 Å². The molecule has 0 saturated carbocycles. The van der Waals surface area contributed by atoms with Crippen LogP contribution in [0.3, 0.4) is 0 Å². The average Bonchev–Trinajstić information content (AvgIpc) is 2.83. The summed E-state index contributed by atoms with van der Waals surface area (Å²) in [5, 5.41) is 1.90. The second-order valence-electron chi connectivity index (χ2n) is 8.04. The predicted octanol–water partition coefficient (Wildman–Crippen LogP) is 4.96. The Balaban J connectivity index is 1.75. The van der Waals surface area contributed by atoms with Crippen LogP contribution < -0.4 is 19.1 Å². The van der Waals surface area contributed by atoms with Gasteiger partial charge in [-0.1, -0.05) is 23.7 Å². The third kappa shape index (κ3) is 7.77. The Hall–Kier alpha value is -3.49. The molecule has 0 aromatic heterocycles. The summed E-state index contributed by atoms with van der Waals surface area (Å²) in [4.78, 5) is 12.4. The lowest BCUT2D eigenvalue weighted by molar-refractivity contribution is -0.137. The second kappa shape index (κ2) is 11.7. The fraction of sp³-hybridized carbons (Fsp3) is 0.208. The first-order chi connectivity index (χ1) is 18.1. The van der Waals surface area contributed by atoms with Crippen molar-refractivity contribution < 1.29 is 39.5 Å². The maximum absolute atomic E-state index is 13.1. The molecule has 0 bridgehead atoms. The molecule has 0 heterocycles. The normalized spacial score (nSPS) is 12.1. The summed E-state index contributed by atoms with van der Waals surface area (Å²) < 4.78 is 97.9. The Morgan fingerprint density at radius 2 is 1.59 bits per heavy atom. The zero-order valence-electron chi connectivity index (χ0n) is 20.5. The van der Waals surface area contributed by atoms with Crippen LogP contribution in [0.15, 0.2) is 71.6 Å². The first kappa shape index (κ1) is 30.1. The Morgan fingerprint density at radius 3 is 2.18 bits per heavy atom. The molecule has 0 spiro atoms. The van der Waals surface area contributed by atoms with Crippen molar-refractivity contribution in [3.8, 4) is 5.75 Å². The van der Waals surface area contributed by atoms with Crippen LogP contribution in [0.5, 0.6) is 5.75 Å². The summed E-state index contributed by atoms with van der Waals surface area (Å²) in [6.45, 7) is 1.40. The summed E-state index contributed by atoms with van der Waals surface area (Å²) in [7, 11) is -8.18. The Bertz CT molecular complexity index is 1560. The predicted molar refractivity (Wildman–Crippen MR) is 142 cm³/mol. The quantitative estimate of drug-likeness (QED) is 0.337. The number of alkyl halides is 3.